The molecule has 23 heavy (non-hydrogen) atoms. The molecule has 1 unspecified atom stereocenters. The molecule has 1 N–H and O–H groups in total. The van der Waals surface area contributed by atoms with E-state index < -0.39 is 0 Å². The van der Waals surface area contributed by atoms with Gasteiger partial charge in [0.05, 0.1) is 6.54 Å². The first kappa shape index (κ1) is 15.6. The number of amides is 1. The fraction of sp³-hybridized carbons (Fsp3) is 0.211. The third-order valence-corrected chi connectivity index (χ3v) is 4.99. The van der Waals surface area contributed by atoms with Crippen molar-refractivity contribution in [1.82, 2.24) is 5.32 Å². The molecule has 3 aromatic rings. The van der Waals surface area contributed by atoms with Crippen LogP contribution in [0, 0.1) is 0 Å². The Balaban J connectivity index is 1.69. The molecule has 4 heteroatoms. The fourth-order valence-electron chi connectivity index (χ4n) is 2.53. The number of likely N-dealkylation sites (N-methyl/N-ethyl adjacent to an activating group) is 1. The van der Waals surface area contributed by atoms with Gasteiger partial charge >= 0.3 is 0 Å². The van der Waals surface area contributed by atoms with Gasteiger partial charge in [0, 0.05) is 17.6 Å². The molecule has 1 atom stereocenters. The number of benzene rings is 2. The summed E-state index contributed by atoms with van der Waals surface area (Å²) < 4.78 is 0. The van der Waals surface area contributed by atoms with Crippen LogP contribution >= 0.6 is 11.3 Å². The predicted molar refractivity (Wildman–Crippen MR) is 98.0 cm³/mol. The maximum Gasteiger partial charge on any atom is 0.242 e. The highest BCUT2D eigenvalue weighted by atomic mass is 32.1. The molecular formula is C19H20N2OS. The van der Waals surface area contributed by atoms with Crippen LogP contribution in [-0.4, -0.2) is 19.0 Å². The highest BCUT2D eigenvalue weighted by Gasteiger charge is 2.18. The minimum Gasteiger partial charge on any atom is -0.363 e. The number of hydrogen-bond acceptors (Lipinski definition) is 3. The predicted octanol–water partition coefficient (Wildman–Crippen LogP) is 4.04. The van der Waals surface area contributed by atoms with Crippen molar-refractivity contribution in [2.24, 2.45) is 0 Å². The summed E-state index contributed by atoms with van der Waals surface area (Å²) in [7, 11) is 1.96. The monoisotopic (exact) mass is 324 g/mol. The minimum atomic E-state index is -0.226. The number of nitrogens with zero attached hydrogens (tertiary/aromatic N) is 1. The first-order valence-electron chi connectivity index (χ1n) is 7.67. The lowest BCUT2D eigenvalue weighted by atomic mass is 10.1. The van der Waals surface area contributed by atoms with Gasteiger partial charge in [-0.3, -0.25) is 4.79 Å². The van der Waals surface area contributed by atoms with E-state index in [1.54, 1.807) is 11.3 Å². The number of hydrogen-bond donors (Lipinski definition) is 1. The second-order valence-corrected chi connectivity index (χ2v) is 6.65. The van der Waals surface area contributed by atoms with Crippen LogP contribution in [0.3, 0.4) is 0 Å². The molecule has 118 valence electrons. The van der Waals surface area contributed by atoms with Gasteiger partial charge in [-0.1, -0.05) is 36.4 Å². The summed E-state index contributed by atoms with van der Waals surface area (Å²) in [5, 5.41) is 7.41. The SMILES string of the molecule is CC(C(=O)NCc1cccs1)N(C)c1ccc2ccccc2c1. The molecule has 0 saturated carbocycles. The molecule has 1 amide bonds. The fourth-order valence-corrected chi connectivity index (χ4v) is 3.18. The number of carbonyl (C=O) groups is 1. The van der Waals surface area contributed by atoms with Crippen molar-refractivity contribution in [3.05, 3.63) is 64.9 Å². The zero-order valence-corrected chi connectivity index (χ0v) is 14.1. The Morgan fingerprint density at radius 2 is 1.91 bits per heavy atom. The van der Waals surface area contributed by atoms with E-state index in [1.807, 2.05) is 48.5 Å². The normalized spacial score (nSPS) is 12.1. The zero-order valence-electron chi connectivity index (χ0n) is 13.3. The molecule has 0 aliphatic heterocycles. The van der Waals surface area contributed by atoms with Gasteiger partial charge in [0.15, 0.2) is 0 Å². The van der Waals surface area contributed by atoms with E-state index in [2.05, 4.69) is 35.6 Å². The van der Waals surface area contributed by atoms with Crippen LogP contribution in [0.1, 0.15) is 11.8 Å². The van der Waals surface area contributed by atoms with Crippen LogP contribution in [-0.2, 0) is 11.3 Å². The smallest absolute Gasteiger partial charge is 0.242 e. The Morgan fingerprint density at radius 3 is 2.65 bits per heavy atom. The van der Waals surface area contributed by atoms with Gasteiger partial charge in [-0.25, -0.2) is 0 Å². The third kappa shape index (κ3) is 3.54. The van der Waals surface area contributed by atoms with Gasteiger partial charge in [0.2, 0.25) is 5.91 Å². The lowest BCUT2D eigenvalue weighted by molar-refractivity contribution is -0.122. The Bertz CT molecular complexity index is 798. The minimum absolute atomic E-state index is 0.0362. The topological polar surface area (TPSA) is 32.3 Å². The van der Waals surface area contributed by atoms with Gasteiger partial charge in [0.1, 0.15) is 6.04 Å². The molecule has 2 aromatic carbocycles. The van der Waals surface area contributed by atoms with Gasteiger partial charge in [-0.15, -0.1) is 11.3 Å². The number of anilines is 1. The molecule has 1 heterocycles. The number of fused-ring (bicyclic) bond motifs is 1. The van der Waals surface area contributed by atoms with Crippen LogP contribution in [0.15, 0.2) is 60.0 Å². The summed E-state index contributed by atoms with van der Waals surface area (Å²) in [5.74, 6) is 0.0362. The molecule has 0 aliphatic carbocycles. The van der Waals surface area contributed by atoms with Crippen LogP contribution in [0.25, 0.3) is 10.8 Å². The lowest BCUT2D eigenvalue weighted by Crippen LogP contribution is -2.43. The van der Waals surface area contributed by atoms with Crippen molar-refractivity contribution >= 4 is 33.7 Å². The van der Waals surface area contributed by atoms with Gasteiger partial charge in [0.25, 0.3) is 0 Å². The first-order valence-corrected chi connectivity index (χ1v) is 8.55. The van der Waals surface area contributed by atoms with E-state index >= 15 is 0 Å². The van der Waals surface area contributed by atoms with E-state index in [1.165, 1.54) is 15.6 Å². The Kier molecular flexibility index (Phi) is 4.63. The molecule has 0 saturated heterocycles. The lowest BCUT2D eigenvalue weighted by Gasteiger charge is -2.26. The Hall–Kier alpha value is -2.33. The summed E-state index contributed by atoms with van der Waals surface area (Å²) in [5.41, 5.74) is 1.04. The average molecular weight is 324 g/mol. The Morgan fingerprint density at radius 1 is 1.13 bits per heavy atom. The number of nitrogens with one attached hydrogen (secondary N) is 1. The summed E-state index contributed by atoms with van der Waals surface area (Å²) in [6.07, 6.45) is 0. The van der Waals surface area contributed by atoms with E-state index in [0.717, 1.165) is 5.69 Å². The van der Waals surface area contributed by atoms with Crippen molar-refractivity contribution < 1.29 is 4.79 Å². The van der Waals surface area contributed by atoms with E-state index in [9.17, 15) is 4.79 Å². The first-order chi connectivity index (χ1) is 11.1. The van der Waals surface area contributed by atoms with Gasteiger partial charge in [-0.05, 0) is 41.3 Å². The van der Waals surface area contributed by atoms with Crippen molar-refractivity contribution in [1.29, 1.82) is 0 Å². The molecule has 0 fully saturated rings. The van der Waals surface area contributed by atoms with E-state index in [4.69, 9.17) is 0 Å². The molecular weight excluding hydrogens is 304 g/mol. The third-order valence-electron chi connectivity index (χ3n) is 4.12. The quantitative estimate of drug-likeness (QED) is 0.768. The van der Waals surface area contributed by atoms with Crippen LogP contribution in [0.4, 0.5) is 5.69 Å². The van der Waals surface area contributed by atoms with E-state index in [0.29, 0.717) is 6.54 Å². The average Bonchev–Trinajstić information content (AvgIpc) is 3.11. The molecule has 0 aliphatic rings. The second-order valence-electron chi connectivity index (χ2n) is 5.62. The molecule has 0 spiro atoms. The highest BCUT2D eigenvalue weighted by Crippen LogP contribution is 2.22. The Labute approximate surface area is 140 Å². The summed E-state index contributed by atoms with van der Waals surface area (Å²) in [6.45, 7) is 2.52. The molecule has 3 rings (SSSR count). The van der Waals surface area contributed by atoms with Gasteiger partial charge in [-0.2, -0.15) is 0 Å². The maximum atomic E-state index is 12.4. The van der Waals surface area contributed by atoms with Crippen molar-refractivity contribution in [2.75, 3.05) is 11.9 Å². The summed E-state index contributed by atoms with van der Waals surface area (Å²) in [4.78, 5) is 15.5. The largest absolute Gasteiger partial charge is 0.363 e. The number of rotatable bonds is 5. The maximum absolute atomic E-state index is 12.4. The van der Waals surface area contributed by atoms with Crippen LogP contribution in [0.2, 0.25) is 0 Å². The molecule has 0 bridgehead atoms. The van der Waals surface area contributed by atoms with Crippen molar-refractivity contribution in [3.63, 3.8) is 0 Å². The summed E-state index contributed by atoms with van der Waals surface area (Å²) >= 11 is 1.65. The zero-order chi connectivity index (χ0) is 16.2. The van der Waals surface area contributed by atoms with Crippen LogP contribution < -0.4 is 10.2 Å². The standard InChI is InChI=1S/C19H20N2OS/c1-14(19(22)20-13-18-8-5-11-23-18)21(2)17-10-9-15-6-3-4-7-16(15)12-17/h3-12,14H,13H2,1-2H3,(H,20,22). The molecule has 0 radical (unpaired) electrons. The van der Waals surface area contributed by atoms with Crippen LogP contribution in [0.5, 0.6) is 0 Å². The van der Waals surface area contributed by atoms with Crippen molar-refractivity contribution in [2.45, 2.75) is 19.5 Å². The second kappa shape index (κ2) is 6.84. The highest BCUT2D eigenvalue weighted by molar-refractivity contribution is 7.09. The van der Waals surface area contributed by atoms with Gasteiger partial charge < -0.3 is 10.2 Å². The number of carbonyl (C=O) groups excluding carboxylic acids is 1. The van der Waals surface area contributed by atoms with Crippen molar-refractivity contribution in [3.8, 4) is 0 Å². The molecule has 3 nitrogen and oxygen atoms in total. The van der Waals surface area contributed by atoms with E-state index in [-0.39, 0.29) is 11.9 Å². The number of thiophene rings is 1. The molecule has 1 aromatic heterocycles. The summed E-state index contributed by atoms with van der Waals surface area (Å²) in [6, 6.07) is 18.3.